The van der Waals surface area contributed by atoms with Gasteiger partial charge in [-0.3, -0.25) is 9.89 Å². The number of nitrogens with zero attached hydrogens (tertiary/aromatic N) is 4. The summed E-state index contributed by atoms with van der Waals surface area (Å²) in [6.07, 6.45) is 1.38. The Morgan fingerprint density at radius 3 is 2.95 bits per heavy atom. The summed E-state index contributed by atoms with van der Waals surface area (Å²) in [5.74, 6) is -0.254. The van der Waals surface area contributed by atoms with Gasteiger partial charge in [0.25, 0.3) is 0 Å². The number of nitrogens with one attached hydrogen (secondary N) is 2. The third kappa shape index (κ3) is 2.56. The normalized spacial score (nSPS) is 10.7. The first kappa shape index (κ1) is 12.8. The Kier molecular flexibility index (Phi) is 3.07. The molecule has 21 heavy (non-hydrogen) atoms. The first-order chi connectivity index (χ1) is 10.1. The molecule has 0 spiro atoms. The highest BCUT2D eigenvalue weighted by atomic mass is 16.6. The third-order valence-corrected chi connectivity index (χ3v) is 2.85. The van der Waals surface area contributed by atoms with E-state index in [0.29, 0.717) is 5.82 Å². The van der Waals surface area contributed by atoms with Gasteiger partial charge in [0.1, 0.15) is 6.54 Å². The number of anilines is 1. The van der Waals surface area contributed by atoms with Crippen molar-refractivity contribution in [2.75, 3.05) is 5.32 Å². The Morgan fingerprint density at radius 1 is 1.38 bits per heavy atom. The van der Waals surface area contributed by atoms with Gasteiger partial charge in [-0.1, -0.05) is 12.1 Å². The zero-order valence-electron chi connectivity index (χ0n) is 10.7. The molecule has 2 N–H and O–H groups in total. The van der Waals surface area contributed by atoms with E-state index in [1.807, 2.05) is 24.3 Å². The van der Waals surface area contributed by atoms with E-state index in [0.717, 1.165) is 10.9 Å². The van der Waals surface area contributed by atoms with Gasteiger partial charge in [0.05, 0.1) is 22.9 Å². The summed E-state index contributed by atoms with van der Waals surface area (Å²) in [6.45, 7) is -0.130. The van der Waals surface area contributed by atoms with E-state index in [4.69, 9.17) is 0 Å². The van der Waals surface area contributed by atoms with Gasteiger partial charge in [0.15, 0.2) is 5.82 Å². The molecular weight excluding hydrogens is 276 g/mol. The van der Waals surface area contributed by atoms with Gasteiger partial charge in [0, 0.05) is 5.39 Å². The number of nitro groups is 1. The van der Waals surface area contributed by atoms with Crippen LogP contribution in [-0.2, 0) is 11.3 Å². The molecule has 0 fully saturated rings. The van der Waals surface area contributed by atoms with E-state index in [-0.39, 0.29) is 18.3 Å². The molecule has 0 bridgehead atoms. The Hall–Kier alpha value is -3.23. The predicted octanol–water partition coefficient (Wildman–Crippen LogP) is 1.31. The maximum absolute atomic E-state index is 11.9. The molecule has 0 saturated carbocycles. The molecule has 0 radical (unpaired) electrons. The summed E-state index contributed by atoms with van der Waals surface area (Å²) in [5, 5.41) is 24.4. The first-order valence-corrected chi connectivity index (χ1v) is 6.04. The fourth-order valence-electron chi connectivity index (χ4n) is 1.91. The highest BCUT2D eigenvalue weighted by Gasteiger charge is 2.14. The van der Waals surface area contributed by atoms with Crippen molar-refractivity contribution >= 4 is 28.4 Å². The van der Waals surface area contributed by atoms with Crippen LogP contribution in [0.3, 0.4) is 0 Å². The topological polar surface area (TPSA) is 119 Å². The molecule has 0 unspecified atom stereocenters. The van der Waals surface area contributed by atoms with E-state index < -0.39 is 4.92 Å². The summed E-state index contributed by atoms with van der Waals surface area (Å²) in [5.41, 5.74) is 0.808. The number of H-pyrrole nitrogens is 1. The second kappa shape index (κ2) is 5.04. The van der Waals surface area contributed by atoms with Gasteiger partial charge in [-0.05, 0) is 17.1 Å². The zero-order valence-corrected chi connectivity index (χ0v) is 10.7. The SMILES string of the molecule is O=C(Cn1ccc([N+](=O)[O-])n1)Nc1n[nH]c2ccccc12. The number of carbonyl (C=O) groups is 1. The average Bonchev–Trinajstić information content (AvgIpc) is 3.07. The average molecular weight is 286 g/mol. The van der Waals surface area contributed by atoms with Crippen LogP contribution >= 0.6 is 0 Å². The van der Waals surface area contributed by atoms with Crippen molar-refractivity contribution in [3.05, 3.63) is 46.6 Å². The van der Waals surface area contributed by atoms with Crippen LogP contribution in [0, 0.1) is 10.1 Å². The van der Waals surface area contributed by atoms with Crippen LogP contribution in [0.15, 0.2) is 36.5 Å². The largest absolute Gasteiger partial charge is 0.389 e. The highest BCUT2D eigenvalue weighted by Crippen LogP contribution is 2.19. The predicted molar refractivity (Wildman–Crippen MR) is 73.6 cm³/mol. The summed E-state index contributed by atoms with van der Waals surface area (Å²) in [4.78, 5) is 21.8. The number of rotatable bonds is 4. The van der Waals surface area contributed by atoms with Gasteiger partial charge in [-0.2, -0.15) is 9.78 Å². The molecule has 9 heteroatoms. The molecule has 2 heterocycles. The molecule has 1 amide bonds. The van der Waals surface area contributed by atoms with E-state index in [1.54, 1.807) is 0 Å². The summed E-state index contributed by atoms with van der Waals surface area (Å²) in [7, 11) is 0. The second-order valence-electron chi connectivity index (χ2n) is 4.29. The van der Waals surface area contributed by atoms with Crippen molar-refractivity contribution in [1.29, 1.82) is 0 Å². The van der Waals surface area contributed by atoms with Crippen LogP contribution in [0.5, 0.6) is 0 Å². The number of fused-ring (bicyclic) bond motifs is 1. The minimum atomic E-state index is -0.615. The van der Waals surface area contributed by atoms with Crippen LogP contribution in [0.25, 0.3) is 10.9 Å². The molecule has 0 aliphatic heterocycles. The standard InChI is InChI=1S/C12H10N6O3/c19-11(7-17-6-5-10(16-17)18(20)21)13-12-8-3-1-2-4-9(8)14-15-12/h1-6H,7H2,(H2,13,14,15,19). The third-order valence-electron chi connectivity index (χ3n) is 2.85. The number of para-hydroxylation sites is 1. The van der Waals surface area contributed by atoms with Crippen LogP contribution in [-0.4, -0.2) is 30.8 Å². The van der Waals surface area contributed by atoms with Crippen molar-refractivity contribution in [2.45, 2.75) is 6.54 Å². The fraction of sp³-hybridized carbons (Fsp3) is 0.0833. The molecule has 1 aromatic carbocycles. The maximum atomic E-state index is 11.9. The van der Waals surface area contributed by atoms with Crippen LogP contribution in [0.1, 0.15) is 0 Å². The van der Waals surface area contributed by atoms with E-state index in [1.165, 1.54) is 16.9 Å². The second-order valence-corrected chi connectivity index (χ2v) is 4.29. The van der Waals surface area contributed by atoms with Crippen molar-refractivity contribution in [2.24, 2.45) is 0 Å². The van der Waals surface area contributed by atoms with Crippen LogP contribution in [0.4, 0.5) is 11.6 Å². The molecule has 106 valence electrons. The van der Waals surface area contributed by atoms with E-state index in [2.05, 4.69) is 20.6 Å². The highest BCUT2D eigenvalue weighted by molar-refractivity contribution is 5.99. The van der Waals surface area contributed by atoms with Gasteiger partial charge in [-0.15, -0.1) is 0 Å². The molecule has 0 aliphatic carbocycles. The smallest absolute Gasteiger partial charge is 0.358 e. The van der Waals surface area contributed by atoms with E-state index >= 15 is 0 Å². The number of hydrogen-bond donors (Lipinski definition) is 2. The lowest BCUT2D eigenvalue weighted by molar-refractivity contribution is -0.389. The molecule has 0 aliphatic rings. The number of benzene rings is 1. The Morgan fingerprint density at radius 2 is 2.19 bits per heavy atom. The van der Waals surface area contributed by atoms with Gasteiger partial charge in [0.2, 0.25) is 5.91 Å². The minimum absolute atomic E-state index is 0.130. The summed E-state index contributed by atoms with van der Waals surface area (Å²) in [6, 6.07) is 8.60. The Labute approximate surface area is 117 Å². The van der Waals surface area contributed by atoms with Gasteiger partial charge in [-0.25, -0.2) is 0 Å². The quantitative estimate of drug-likeness (QED) is 0.553. The molecule has 2 aromatic heterocycles. The lowest BCUT2D eigenvalue weighted by Gasteiger charge is -2.00. The number of hydrogen-bond acceptors (Lipinski definition) is 5. The van der Waals surface area contributed by atoms with Crippen molar-refractivity contribution in [3.8, 4) is 0 Å². The number of aromatic amines is 1. The maximum Gasteiger partial charge on any atom is 0.389 e. The van der Waals surface area contributed by atoms with Gasteiger partial charge < -0.3 is 15.4 Å². The summed E-state index contributed by atoms with van der Waals surface area (Å²) >= 11 is 0. The van der Waals surface area contributed by atoms with E-state index in [9.17, 15) is 14.9 Å². The molecule has 9 nitrogen and oxygen atoms in total. The van der Waals surface area contributed by atoms with Crippen molar-refractivity contribution < 1.29 is 9.72 Å². The number of amides is 1. The molecule has 3 rings (SSSR count). The lowest BCUT2D eigenvalue weighted by Crippen LogP contribution is -2.19. The Bertz CT molecular complexity index is 821. The lowest BCUT2D eigenvalue weighted by atomic mass is 10.2. The molecule has 3 aromatic rings. The van der Waals surface area contributed by atoms with Gasteiger partial charge >= 0.3 is 5.82 Å². The number of aromatic nitrogens is 4. The zero-order chi connectivity index (χ0) is 14.8. The van der Waals surface area contributed by atoms with Crippen molar-refractivity contribution in [3.63, 3.8) is 0 Å². The molecular formula is C12H10N6O3. The van der Waals surface area contributed by atoms with Crippen LogP contribution in [0.2, 0.25) is 0 Å². The number of carbonyl (C=O) groups excluding carboxylic acids is 1. The molecule has 0 atom stereocenters. The van der Waals surface area contributed by atoms with Crippen molar-refractivity contribution in [1.82, 2.24) is 20.0 Å². The first-order valence-electron chi connectivity index (χ1n) is 6.04. The molecule has 0 saturated heterocycles. The Balaban J connectivity index is 1.72. The monoisotopic (exact) mass is 286 g/mol. The van der Waals surface area contributed by atoms with Crippen LogP contribution < -0.4 is 5.32 Å². The fourth-order valence-corrected chi connectivity index (χ4v) is 1.91. The minimum Gasteiger partial charge on any atom is -0.358 e. The summed E-state index contributed by atoms with van der Waals surface area (Å²) < 4.78 is 1.20.